The van der Waals surface area contributed by atoms with Crippen LogP contribution in [0.25, 0.3) is 0 Å². The van der Waals surface area contributed by atoms with E-state index in [1.165, 1.54) is 0 Å². The van der Waals surface area contributed by atoms with Gasteiger partial charge < -0.3 is 10.0 Å². The van der Waals surface area contributed by atoms with Gasteiger partial charge in [0.2, 0.25) is 5.91 Å². The molecular formula is C12H21NO3. The van der Waals surface area contributed by atoms with Gasteiger partial charge in [-0.15, -0.1) is 0 Å². The molecular weight excluding hydrogens is 206 g/mol. The number of likely N-dealkylation sites (tertiary alicyclic amines) is 1. The van der Waals surface area contributed by atoms with Gasteiger partial charge in [0, 0.05) is 19.5 Å². The molecule has 0 aromatic carbocycles. The fourth-order valence-corrected chi connectivity index (χ4v) is 1.95. The van der Waals surface area contributed by atoms with Gasteiger partial charge in [0.15, 0.2) is 0 Å². The Morgan fingerprint density at radius 1 is 1.56 bits per heavy atom. The highest BCUT2D eigenvalue weighted by Gasteiger charge is 2.37. The van der Waals surface area contributed by atoms with Crippen LogP contribution in [-0.4, -0.2) is 35.0 Å². The van der Waals surface area contributed by atoms with Crippen molar-refractivity contribution in [2.45, 2.75) is 34.1 Å². The van der Waals surface area contributed by atoms with E-state index in [4.69, 9.17) is 5.11 Å². The lowest BCUT2D eigenvalue weighted by atomic mass is 9.93. The maximum atomic E-state index is 11.7. The van der Waals surface area contributed by atoms with E-state index in [0.29, 0.717) is 31.3 Å². The number of nitrogens with zero attached hydrogens (tertiary/aromatic N) is 1. The first-order valence-electron chi connectivity index (χ1n) is 5.75. The molecule has 1 saturated heterocycles. The number of carbonyl (C=O) groups excluding carboxylic acids is 1. The molecule has 0 bridgehead atoms. The van der Waals surface area contributed by atoms with Gasteiger partial charge in [0.1, 0.15) is 0 Å². The molecule has 0 aromatic heterocycles. The predicted octanol–water partition coefficient (Wildman–Crippen LogP) is 1.60. The molecule has 0 aliphatic carbocycles. The molecule has 1 fully saturated rings. The van der Waals surface area contributed by atoms with Crippen LogP contribution in [0.4, 0.5) is 0 Å². The van der Waals surface area contributed by atoms with Crippen molar-refractivity contribution < 1.29 is 14.7 Å². The van der Waals surface area contributed by atoms with E-state index in [-0.39, 0.29) is 5.91 Å². The van der Waals surface area contributed by atoms with Crippen LogP contribution in [0, 0.1) is 17.3 Å². The molecule has 0 saturated carbocycles. The second kappa shape index (κ2) is 4.44. The van der Waals surface area contributed by atoms with Crippen molar-refractivity contribution >= 4 is 11.9 Å². The van der Waals surface area contributed by atoms with Crippen LogP contribution >= 0.6 is 0 Å². The minimum absolute atomic E-state index is 0.0908. The first-order valence-corrected chi connectivity index (χ1v) is 5.75. The molecule has 0 aromatic rings. The average Bonchev–Trinajstić information content (AvgIpc) is 2.47. The standard InChI is InChI=1S/C12H21NO3/c1-8(2)9-5-10(14)13(6-9)7-12(3,4)11(15)16/h8-9H,5-7H2,1-4H3,(H,15,16). The summed E-state index contributed by atoms with van der Waals surface area (Å²) in [4.78, 5) is 24.4. The molecule has 1 amide bonds. The number of carboxylic acid groups (broad SMARTS) is 1. The zero-order chi connectivity index (χ0) is 12.5. The Hall–Kier alpha value is -1.06. The van der Waals surface area contributed by atoms with Gasteiger partial charge in [0.25, 0.3) is 0 Å². The molecule has 1 N–H and O–H groups in total. The van der Waals surface area contributed by atoms with Crippen molar-refractivity contribution in [3.05, 3.63) is 0 Å². The number of rotatable bonds is 4. The molecule has 92 valence electrons. The highest BCUT2D eigenvalue weighted by atomic mass is 16.4. The van der Waals surface area contributed by atoms with Gasteiger partial charge in [-0.2, -0.15) is 0 Å². The number of hydrogen-bond acceptors (Lipinski definition) is 2. The number of aliphatic carboxylic acids is 1. The number of hydrogen-bond donors (Lipinski definition) is 1. The molecule has 1 heterocycles. The van der Waals surface area contributed by atoms with Gasteiger partial charge in [-0.3, -0.25) is 9.59 Å². The van der Waals surface area contributed by atoms with E-state index in [0.717, 1.165) is 0 Å². The van der Waals surface area contributed by atoms with Crippen molar-refractivity contribution in [1.82, 2.24) is 4.90 Å². The van der Waals surface area contributed by atoms with E-state index in [9.17, 15) is 9.59 Å². The van der Waals surface area contributed by atoms with Crippen LogP contribution in [0.3, 0.4) is 0 Å². The molecule has 1 unspecified atom stereocenters. The second-order valence-electron chi connectivity index (χ2n) is 5.67. The van der Waals surface area contributed by atoms with Crippen molar-refractivity contribution in [3.63, 3.8) is 0 Å². The summed E-state index contributed by atoms with van der Waals surface area (Å²) in [5.41, 5.74) is -0.860. The van der Waals surface area contributed by atoms with E-state index < -0.39 is 11.4 Å². The zero-order valence-corrected chi connectivity index (χ0v) is 10.5. The summed E-state index contributed by atoms with van der Waals surface area (Å²) in [6, 6.07) is 0. The minimum Gasteiger partial charge on any atom is -0.481 e. The maximum absolute atomic E-state index is 11.7. The minimum atomic E-state index is -0.860. The Balaban J connectivity index is 2.63. The van der Waals surface area contributed by atoms with Gasteiger partial charge in [-0.25, -0.2) is 0 Å². The summed E-state index contributed by atoms with van der Waals surface area (Å²) in [5.74, 6) is 0.0836. The lowest BCUT2D eigenvalue weighted by Gasteiger charge is -2.26. The third-order valence-electron chi connectivity index (χ3n) is 3.35. The summed E-state index contributed by atoms with van der Waals surface area (Å²) in [6.07, 6.45) is 0.563. The molecule has 0 radical (unpaired) electrons. The molecule has 4 nitrogen and oxygen atoms in total. The SMILES string of the molecule is CC(C)C1CC(=O)N(CC(C)(C)C(=O)O)C1. The molecule has 1 rings (SSSR count). The molecule has 0 spiro atoms. The number of carbonyl (C=O) groups is 2. The van der Waals surface area contributed by atoms with E-state index in [1.54, 1.807) is 18.7 Å². The third-order valence-corrected chi connectivity index (χ3v) is 3.35. The summed E-state index contributed by atoms with van der Waals surface area (Å²) < 4.78 is 0. The van der Waals surface area contributed by atoms with Gasteiger partial charge in [-0.05, 0) is 25.7 Å². The summed E-state index contributed by atoms with van der Waals surface area (Å²) >= 11 is 0. The van der Waals surface area contributed by atoms with Crippen molar-refractivity contribution in [2.75, 3.05) is 13.1 Å². The Kier molecular flexibility index (Phi) is 3.61. The summed E-state index contributed by atoms with van der Waals surface area (Å²) in [6.45, 7) is 8.53. The van der Waals surface area contributed by atoms with Crippen molar-refractivity contribution in [3.8, 4) is 0 Å². The topological polar surface area (TPSA) is 57.6 Å². The Morgan fingerprint density at radius 2 is 2.12 bits per heavy atom. The second-order valence-corrected chi connectivity index (χ2v) is 5.67. The number of carboxylic acids is 1. The molecule has 1 aliphatic heterocycles. The predicted molar refractivity (Wildman–Crippen MR) is 60.9 cm³/mol. The Morgan fingerprint density at radius 3 is 2.50 bits per heavy atom. The monoisotopic (exact) mass is 227 g/mol. The lowest BCUT2D eigenvalue weighted by Crippen LogP contribution is -2.40. The molecule has 1 atom stereocenters. The fourth-order valence-electron chi connectivity index (χ4n) is 1.95. The van der Waals surface area contributed by atoms with Crippen LogP contribution in [0.2, 0.25) is 0 Å². The van der Waals surface area contributed by atoms with Crippen molar-refractivity contribution in [1.29, 1.82) is 0 Å². The normalized spacial score (nSPS) is 21.9. The molecule has 16 heavy (non-hydrogen) atoms. The van der Waals surface area contributed by atoms with E-state index >= 15 is 0 Å². The first-order chi connectivity index (χ1) is 7.24. The quantitative estimate of drug-likeness (QED) is 0.793. The van der Waals surface area contributed by atoms with Crippen LogP contribution in [0.15, 0.2) is 0 Å². The van der Waals surface area contributed by atoms with Crippen molar-refractivity contribution in [2.24, 2.45) is 17.3 Å². The first kappa shape index (κ1) is 13.0. The Labute approximate surface area is 96.6 Å². The van der Waals surface area contributed by atoms with Crippen LogP contribution < -0.4 is 0 Å². The average molecular weight is 227 g/mol. The highest BCUT2D eigenvalue weighted by Crippen LogP contribution is 2.28. The van der Waals surface area contributed by atoms with E-state index in [2.05, 4.69) is 13.8 Å². The van der Waals surface area contributed by atoms with Crippen LogP contribution in [-0.2, 0) is 9.59 Å². The smallest absolute Gasteiger partial charge is 0.310 e. The highest BCUT2D eigenvalue weighted by molar-refractivity contribution is 5.80. The largest absolute Gasteiger partial charge is 0.481 e. The van der Waals surface area contributed by atoms with Gasteiger partial charge >= 0.3 is 5.97 Å². The molecule has 1 aliphatic rings. The number of amides is 1. The van der Waals surface area contributed by atoms with E-state index in [1.807, 2.05) is 0 Å². The maximum Gasteiger partial charge on any atom is 0.310 e. The third kappa shape index (κ3) is 2.74. The summed E-state index contributed by atoms with van der Waals surface area (Å²) in [7, 11) is 0. The molecule has 4 heteroatoms. The van der Waals surface area contributed by atoms with Gasteiger partial charge in [0.05, 0.1) is 5.41 Å². The fraction of sp³-hybridized carbons (Fsp3) is 0.833. The lowest BCUT2D eigenvalue weighted by molar-refractivity contribution is -0.148. The Bertz CT molecular complexity index is 297. The zero-order valence-electron chi connectivity index (χ0n) is 10.5. The van der Waals surface area contributed by atoms with Crippen LogP contribution in [0.5, 0.6) is 0 Å². The van der Waals surface area contributed by atoms with Gasteiger partial charge in [-0.1, -0.05) is 13.8 Å². The summed E-state index contributed by atoms with van der Waals surface area (Å²) in [5, 5.41) is 9.02. The van der Waals surface area contributed by atoms with Crippen LogP contribution in [0.1, 0.15) is 34.1 Å².